The summed E-state index contributed by atoms with van der Waals surface area (Å²) in [5.41, 5.74) is 2.30. The summed E-state index contributed by atoms with van der Waals surface area (Å²) in [6, 6.07) is 6.21. The van der Waals surface area contributed by atoms with Crippen LogP contribution < -0.4 is 10.2 Å². The zero-order chi connectivity index (χ0) is 15.5. The maximum Gasteiger partial charge on any atom is 0.0637 e. The van der Waals surface area contributed by atoms with Crippen LogP contribution in [0.2, 0.25) is 0 Å². The van der Waals surface area contributed by atoms with Crippen molar-refractivity contribution in [3.63, 3.8) is 0 Å². The van der Waals surface area contributed by atoms with E-state index in [1.165, 1.54) is 5.56 Å². The lowest BCUT2D eigenvalue weighted by atomic mass is 10.1. The van der Waals surface area contributed by atoms with E-state index in [0.29, 0.717) is 19.8 Å². The molecule has 0 aliphatic heterocycles. The standard InChI is InChI=1S/C15H25BrN2O3/c1-20-9-5-17-12-13-3-4-14(16)11-15(13)18(6-8-19)7-10-21-2/h3-4,11,17,19H,5-10,12H2,1-2H3. The molecule has 0 aromatic heterocycles. The lowest BCUT2D eigenvalue weighted by Gasteiger charge is -2.26. The minimum absolute atomic E-state index is 0.118. The van der Waals surface area contributed by atoms with Crippen LogP contribution >= 0.6 is 15.9 Å². The van der Waals surface area contributed by atoms with Crippen LogP contribution in [-0.2, 0) is 16.0 Å². The Kier molecular flexibility index (Phi) is 9.62. The topological polar surface area (TPSA) is 54.0 Å². The molecule has 0 radical (unpaired) electrons. The fourth-order valence-corrected chi connectivity index (χ4v) is 2.40. The van der Waals surface area contributed by atoms with Gasteiger partial charge in [0.25, 0.3) is 0 Å². The molecule has 6 heteroatoms. The van der Waals surface area contributed by atoms with E-state index in [-0.39, 0.29) is 6.61 Å². The fourth-order valence-electron chi connectivity index (χ4n) is 2.05. The van der Waals surface area contributed by atoms with Crippen LogP contribution in [0.3, 0.4) is 0 Å². The molecule has 1 rings (SSSR count). The average molecular weight is 361 g/mol. The van der Waals surface area contributed by atoms with Crippen LogP contribution in [0.4, 0.5) is 5.69 Å². The first kappa shape index (κ1) is 18.4. The highest BCUT2D eigenvalue weighted by Crippen LogP contribution is 2.25. The van der Waals surface area contributed by atoms with Gasteiger partial charge in [0.1, 0.15) is 0 Å². The molecular formula is C15H25BrN2O3. The molecular weight excluding hydrogens is 336 g/mol. The van der Waals surface area contributed by atoms with Crippen molar-refractivity contribution in [1.29, 1.82) is 0 Å². The highest BCUT2D eigenvalue weighted by atomic mass is 79.9. The molecule has 5 nitrogen and oxygen atoms in total. The summed E-state index contributed by atoms with van der Waals surface area (Å²) in [5.74, 6) is 0. The summed E-state index contributed by atoms with van der Waals surface area (Å²) >= 11 is 3.52. The summed E-state index contributed by atoms with van der Waals surface area (Å²) in [4.78, 5) is 2.14. The molecule has 0 saturated carbocycles. The van der Waals surface area contributed by atoms with Crippen molar-refractivity contribution < 1.29 is 14.6 Å². The maximum absolute atomic E-state index is 9.28. The third-order valence-electron chi connectivity index (χ3n) is 3.12. The van der Waals surface area contributed by atoms with Crippen molar-refractivity contribution in [1.82, 2.24) is 5.32 Å². The van der Waals surface area contributed by atoms with Gasteiger partial charge in [0.15, 0.2) is 0 Å². The van der Waals surface area contributed by atoms with E-state index in [1.54, 1.807) is 14.2 Å². The van der Waals surface area contributed by atoms with Gasteiger partial charge in [-0.1, -0.05) is 22.0 Å². The van der Waals surface area contributed by atoms with E-state index in [0.717, 1.165) is 29.8 Å². The second kappa shape index (κ2) is 11.0. The Morgan fingerprint density at radius 1 is 1.19 bits per heavy atom. The number of aliphatic hydroxyl groups excluding tert-OH is 1. The lowest BCUT2D eigenvalue weighted by Crippen LogP contribution is -2.31. The first-order valence-electron chi connectivity index (χ1n) is 7.05. The van der Waals surface area contributed by atoms with Crippen molar-refractivity contribution in [2.45, 2.75) is 6.54 Å². The van der Waals surface area contributed by atoms with Crippen LogP contribution in [0, 0.1) is 0 Å². The van der Waals surface area contributed by atoms with Crippen molar-refractivity contribution in [2.75, 3.05) is 58.6 Å². The molecule has 0 heterocycles. The highest BCUT2D eigenvalue weighted by Gasteiger charge is 2.11. The Balaban J connectivity index is 2.81. The number of nitrogens with one attached hydrogen (secondary N) is 1. The van der Waals surface area contributed by atoms with Gasteiger partial charge < -0.3 is 24.8 Å². The largest absolute Gasteiger partial charge is 0.395 e. The summed E-state index contributed by atoms with van der Waals surface area (Å²) in [7, 11) is 3.38. The van der Waals surface area contributed by atoms with Gasteiger partial charge in [-0.15, -0.1) is 0 Å². The SMILES string of the molecule is COCCNCc1ccc(Br)cc1N(CCO)CCOC. The fraction of sp³-hybridized carbons (Fsp3) is 0.600. The van der Waals surface area contributed by atoms with Gasteiger partial charge in [0, 0.05) is 50.6 Å². The van der Waals surface area contributed by atoms with E-state index in [1.807, 2.05) is 6.07 Å². The molecule has 0 atom stereocenters. The van der Waals surface area contributed by atoms with E-state index in [4.69, 9.17) is 9.47 Å². The average Bonchev–Trinajstić information content (AvgIpc) is 2.49. The number of rotatable bonds is 11. The van der Waals surface area contributed by atoms with Gasteiger partial charge in [-0.3, -0.25) is 0 Å². The molecule has 21 heavy (non-hydrogen) atoms. The third kappa shape index (κ3) is 6.76. The first-order valence-corrected chi connectivity index (χ1v) is 7.85. The van der Waals surface area contributed by atoms with Crippen LogP contribution in [0.5, 0.6) is 0 Å². The van der Waals surface area contributed by atoms with E-state index in [9.17, 15) is 5.11 Å². The number of anilines is 1. The van der Waals surface area contributed by atoms with Gasteiger partial charge >= 0.3 is 0 Å². The van der Waals surface area contributed by atoms with E-state index >= 15 is 0 Å². The van der Waals surface area contributed by atoms with Crippen LogP contribution in [0.15, 0.2) is 22.7 Å². The number of methoxy groups -OCH3 is 2. The smallest absolute Gasteiger partial charge is 0.0637 e. The predicted molar refractivity (Wildman–Crippen MR) is 88.9 cm³/mol. The number of ether oxygens (including phenoxy) is 2. The Morgan fingerprint density at radius 2 is 1.95 bits per heavy atom. The molecule has 0 amide bonds. The molecule has 0 unspecified atom stereocenters. The molecule has 0 aliphatic carbocycles. The number of hydrogen-bond donors (Lipinski definition) is 2. The number of aliphatic hydroxyl groups is 1. The summed E-state index contributed by atoms with van der Waals surface area (Å²) in [5, 5.41) is 12.6. The number of halogens is 1. The zero-order valence-electron chi connectivity index (χ0n) is 12.8. The number of benzene rings is 1. The molecule has 0 spiro atoms. The summed E-state index contributed by atoms with van der Waals surface area (Å²) in [6.45, 7) is 4.35. The first-order chi connectivity index (χ1) is 10.2. The molecule has 120 valence electrons. The third-order valence-corrected chi connectivity index (χ3v) is 3.61. The van der Waals surface area contributed by atoms with Gasteiger partial charge in [-0.05, 0) is 17.7 Å². The van der Waals surface area contributed by atoms with Crippen molar-refractivity contribution >= 4 is 21.6 Å². The van der Waals surface area contributed by atoms with Gasteiger partial charge in [-0.2, -0.15) is 0 Å². The molecule has 1 aromatic carbocycles. The second-order valence-electron chi connectivity index (χ2n) is 4.65. The van der Waals surface area contributed by atoms with Gasteiger partial charge in [0.05, 0.1) is 19.8 Å². The molecule has 0 bridgehead atoms. The molecule has 2 N–H and O–H groups in total. The van der Waals surface area contributed by atoms with Crippen molar-refractivity contribution in [3.8, 4) is 0 Å². The summed E-state index contributed by atoms with van der Waals surface area (Å²) < 4.78 is 11.2. The second-order valence-corrected chi connectivity index (χ2v) is 5.56. The minimum Gasteiger partial charge on any atom is -0.395 e. The Hall–Kier alpha value is -0.660. The van der Waals surface area contributed by atoms with E-state index in [2.05, 4.69) is 38.3 Å². The summed E-state index contributed by atoms with van der Waals surface area (Å²) in [6.07, 6.45) is 0. The Bertz CT molecular complexity index is 405. The predicted octanol–water partition coefficient (Wildman–Crippen LogP) is 1.63. The molecule has 1 aromatic rings. The minimum atomic E-state index is 0.118. The van der Waals surface area contributed by atoms with Crippen LogP contribution in [-0.4, -0.2) is 58.8 Å². The zero-order valence-corrected chi connectivity index (χ0v) is 14.4. The van der Waals surface area contributed by atoms with Crippen molar-refractivity contribution in [2.24, 2.45) is 0 Å². The van der Waals surface area contributed by atoms with Gasteiger partial charge in [0.2, 0.25) is 0 Å². The monoisotopic (exact) mass is 360 g/mol. The Labute approximate surface area is 135 Å². The molecule has 0 saturated heterocycles. The number of nitrogens with zero attached hydrogens (tertiary/aromatic N) is 1. The van der Waals surface area contributed by atoms with E-state index < -0.39 is 0 Å². The van der Waals surface area contributed by atoms with Crippen LogP contribution in [0.1, 0.15) is 5.56 Å². The maximum atomic E-state index is 9.28. The molecule has 0 aliphatic rings. The number of hydrogen-bond acceptors (Lipinski definition) is 5. The normalized spacial score (nSPS) is 10.9. The lowest BCUT2D eigenvalue weighted by molar-refractivity contribution is 0.199. The Morgan fingerprint density at radius 3 is 2.62 bits per heavy atom. The quantitative estimate of drug-likeness (QED) is 0.587. The van der Waals surface area contributed by atoms with Gasteiger partial charge in [-0.25, -0.2) is 0 Å². The highest BCUT2D eigenvalue weighted by molar-refractivity contribution is 9.10. The van der Waals surface area contributed by atoms with Crippen molar-refractivity contribution in [3.05, 3.63) is 28.2 Å². The molecule has 0 fully saturated rings. The van der Waals surface area contributed by atoms with Crippen LogP contribution in [0.25, 0.3) is 0 Å².